The molecule has 0 radical (unpaired) electrons. The Balaban J connectivity index is -0.00000000500. The van der Waals surface area contributed by atoms with Crippen LogP contribution in [0.15, 0.2) is 0 Å². The van der Waals surface area contributed by atoms with Crippen molar-refractivity contribution in [3.05, 3.63) is 20.8 Å². The molecular formula is C6H15FTi. The molecule has 0 fully saturated rings. The Morgan fingerprint density at radius 3 is 0.625 bits per heavy atom. The zero-order chi connectivity index (χ0) is 6.00. The Hall–Kier alpha value is 0.644. The van der Waals surface area contributed by atoms with E-state index in [1.165, 1.54) is 0 Å². The van der Waals surface area contributed by atoms with Crippen molar-refractivity contribution >= 4 is 0 Å². The fraction of sp³-hybridized carbons (Fsp3) is 0.500. The fourth-order valence-electron chi connectivity index (χ4n) is 0. The maximum absolute atomic E-state index is 3.25. The third-order valence-electron chi connectivity index (χ3n) is 0. The molecule has 2 heteroatoms. The van der Waals surface area contributed by atoms with Gasteiger partial charge in [0.15, 0.2) is 0 Å². The van der Waals surface area contributed by atoms with Crippen LogP contribution in [-0.4, -0.2) is 0 Å². The molecule has 0 N–H and O–H groups in total. The molecule has 0 aliphatic heterocycles. The summed E-state index contributed by atoms with van der Waals surface area (Å²) in [5.74, 6) is 0. The van der Waals surface area contributed by atoms with Crippen LogP contribution in [-0.2, 0) is 21.7 Å². The number of rotatable bonds is 0. The summed E-state index contributed by atoms with van der Waals surface area (Å²) in [7, 11) is 0. The minimum absolute atomic E-state index is 0. The summed E-state index contributed by atoms with van der Waals surface area (Å²) in [6.07, 6.45) is 0. The van der Waals surface area contributed by atoms with Crippen molar-refractivity contribution in [3.8, 4) is 0 Å². The molecule has 0 aromatic carbocycles. The topological polar surface area (TPSA) is 0 Å². The largest absolute Gasteiger partial charge is 4.00 e. The molecular weight excluding hydrogens is 139 g/mol. The Labute approximate surface area is 68.3 Å². The van der Waals surface area contributed by atoms with Gasteiger partial charge in [-0.15, -0.1) is 0 Å². The Kier molecular flexibility index (Phi) is 3870. The summed E-state index contributed by atoms with van der Waals surface area (Å²) in [5.41, 5.74) is 0. The van der Waals surface area contributed by atoms with Crippen LogP contribution in [0.4, 0.5) is 0 Å². The molecule has 0 saturated carbocycles. The van der Waals surface area contributed by atoms with Crippen molar-refractivity contribution in [2.75, 3.05) is 0 Å². The molecule has 0 aromatic heterocycles. The third-order valence-corrected chi connectivity index (χ3v) is 0. The molecule has 0 bridgehead atoms. The molecule has 0 aromatic rings. The molecule has 0 nitrogen and oxygen atoms in total. The van der Waals surface area contributed by atoms with Gasteiger partial charge in [-0.05, 0) is 0 Å². The first kappa shape index (κ1) is 38.0. The van der Waals surface area contributed by atoms with Crippen LogP contribution in [0.1, 0.15) is 20.8 Å². The first-order valence-electron chi connectivity index (χ1n) is 2.12. The van der Waals surface area contributed by atoms with Crippen LogP contribution in [0.5, 0.6) is 0 Å². The predicted molar refractivity (Wildman–Crippen MR) is 33.1 cm³/mol. The van der Waals surface area contributed by atoms with Gasteiger partial charge in [0.05, 0.1) is 0 Å². The van der Waals surface area contributed by atoms with Crippen molar-refractivity contribution in [3.63, 3.8) is 0 Å². The molecule has 0 unspecified atom stereocenters. The smallest absolute Gasteiger partial charge is 1.00 e. The van der Waals surface area contributed by atoms with Gasteiger partial charge in [-0.1, -0.05) is 0 Å². The van der Waals surface area contributed by atoms with E-state index in [-0.39, 0.29) is 26.4 Å². The summed E-state index contributed by atoms with van der Waals surface area (Å²) in [6.45, 7) is 15.0. The zero-order valence-electron chi connectivity index (χ0n) is 6.00. The molecule has 0 spiro atoms. The average Bonchev–Trinajstić information content (AvgIpc) is 1.81. The van der Waals surface area contributed by atoms with Gasteiger partial charge < -0.3 is 25.5 Å². The van der Waals surface area contributed by atoms with Crippen molar-refractivity contribution in [1.29, 1.82) is 0 Å². The molecule has 0 aliphatic rings. The molecule has 0 heterocycles. The van der Waals surface area contributed by atoms with Crippen molar-refractivity contribution in [2.45, 2.75) is 20.8 Å². The van der Waals surface area contributed by atoms with Crippen LogP contribution < -0.4 is 4.70 Å². The Morgan fingerprint density at radius 1 is 0.625 bits per heavy atom. The monoisotopic (exact) mass is 154 g/mol. The number of hydrogen-bond donors (Lipinski definition) is 0. The first-order valence-corrected chi connectivity index (χ1v) is 2.12. The second-order valence-corrected chi connectivity index (χ2v) is 0. The van der Waals surface area contributed by atoms with Gasteiger partial charge in [-0.3, -0.25) is 0 Å². The quantitative estimate of drug-likeness (QED) is 0.326. The van der Waals surface area contributed by atoms with Gasteiger partial charge in [0.1, 0.15) is 0 Å². The first-order chi connectivity index (χ1) is 3.00. The van der Waals surface area contributed by atoms with Gasteiger partial charge in [-0.25, -0.2) is 0 Å². The van der Waals surface area contributed by atoms with Crippen LogP contribution in [0.2, 0.25) is 0 Å². The van der Waals surface area contributed by atoms with Gasteiger partial charge in [0, 0.05) is 0 Å². The second kappa shape index (κ2) is 813. The predicted octanol–water partition coefficient (Wildman–Crippen LogP) is -0.477. The van der Waals surface area contributed by atoms with Crippen molar-refractivity contribution in [1.82, 2.24) is 0 Å². The van der Waals surface area contributed by atoms with Gasteiger partial charge in [0.25, 0.3) is 0 Å². The maximum Gasteiger partial charge on any atom is 4.00 e. The van der Waals surface area contributed by atoms with E-state index in [1.54, 1.807) is 20.8 Å². The Morgan fingerprint density at radius 2 is 0.625 bits per heavy atom. The van der Waals surface area contributed by atoms with E-state index in [0.29, 0.717) is 0 Å². The molecule has 0 atom stereocenters. The fourth-order valence-corrected chi connectivity index (χ4v) is 0. The minimum Gasteiger partial charge on any atom is -1.00 e. The van der Waals surface area contributed by atoms with Crippen molar-refractivity contribution < 1.29 is 26.4 Å². The summed E-state index contributed by atoms with van der Waals surface area (Å²) >= 11 is 0. The number of halogens is 1. The van der Waals surface area contributed by atoms with E-state index in [4.69, 9.17) is 0 Å². The van der Waals surface area contributed by atoms with Crippen LogP contribution in [0.3, 0.4) is 0 Å². The minimum atomic E-state index is 0. The third kappa shape index (κ3) is 510. The summed E-state index contributed by atoms with van der Waals surface area (Å²) in [6, 6.07) is 0. The van der Waals surface area contributed by atoms with E-state index in [2.05, 4.69) is 20.8 Å². The maximum atomic E-state index is 3.25. The molecule has 8 heavy (non-hydrogen) atoms. The summed E-state index contributed by atoms with van der Waals surface area (Å²) < 4.78 is 0. The second-order valence-electron chi connectivity index (χ2n) is 0. The van der Waals surface area contributed by atoms with Gasteiger partial charge >= 0.3 is 21.7 Å². The molecule has 0 aliphatic carbocycles. The van der Waals surface area contributed by atoms with Crippen molar-refractivity contribution in [2.24, 2.45) is 0 Å². The molecule has 0 rings (SSSR count). The van der Waals surface area contributed by atoms with E-state index in [0.717, 1.165) is 0 Å². The average molecular weight is 154 g/mol. The van der Waals surface area contributed by atoms with E-state index >= 15 is 0 Å². The zero-order valence-corrected chi connectivity index (χ0v) is 7.56. The van der Waals surface area contributed by atoms with Gasteiger partial charge in [0.2, 0.25) is 0 Å². The normalized spacial score (nSPS) is 2.25. The SMILES string of the molecule is [CH2-]C.[CH2-]C.[CH2-]C.[F-].[Ti+4]. The Bertz CT molecular complexity index is 8.49. The van der Waals surface area contributed by atoms with E-state index < -0.39 is 0 Å². The van der Waals surface area contributed by atoms with Gasteiger partial charge in [-0.2, -0.15) is 20.8 Å². The standard InChI is InChI=1S/3C2H5.FH.Ti/c3*1-2;;/h3*1H2,2H3;1H;/q3*-1;;+4/p-1. The van der Waals surface area contributed by atoms with E-state index in [1.807, 2.05) is 0 Å². The summed E-state index contributed by atoms with van der Waals surface area (Å²) in [4.78, 5) is 0. The molecule has 0 amide bonds. The number of hydrogen-bond acceptors (Lipinski definition) is 0. The molecule has 0 saturated heterocycles. The van der Waals surface area contributed by atoms with E-state index in [9.17, 15) is 0 Å². The van der Waals surface area contributed by atoms with Crippen LogP contribution in [0.25, 0.3) is 0 Å². The van der Waals surface area contributed by atoms with Crippen LogP contribution in [0, 0.1) is 20.8 Å². The summed E-state index contributed by atoms with van der Waals surface area (Å²) in [5, 5.41) is 0. The molecule has 50 valence electrons. The van der Waals surface area contributed by atoms with Crippen LogP contribution >= 0.6 is 0 Å².